The van der Waals surface area contributed by atoms with Gasteiger partial charge in [0, 0.05) is 25.7 Å². The molecule has 2 N–H and O–H groups in total. The number of methoxy groups -OCH3 is 1. The largest absolute Gasteiger partial charge is 0.496 e. The van der Waals surface area contributed by atoms with E-state index in [0.29, 0.717) is 13.1 Å². The maximum absolute atomic E-state index is 11.6. The Morgan fingerprint density at radius 1 is 1.44 bits per heavy atom. The van der Waals surface area contributed by atoms with E-state index < -0.39 is 0 Å². The van der Waals surface area contributed by atoms with Crippen molar-refractivity contribution < 1.29 is 14.3 Å². The van der Waals surface area contributed by atoms with Crippen molar-refractivity contribution >= 4 is 6.09 Å². The lowest BCUT2D eigenvalue weighted by Gasteiger charge is -2.16. The van der Waals surface area contributed by atoms with Crippen LogP contribution in [0.1, 0.15) is 11.1 Å². The zero-order valence-corrected chi connectivity index (χ0v) is 11.1. The van der Waals surface area contributed by atoms with E-state index in [-0.39, 0.29) is 12.7 Å². The molecule has 0 aliphatic heterocycles. The molecule has 100 valence electrons. The van der Waals surface area contributed by atoms with Gasteiger partial charge in [0.15, 0.2) is 0 Å². The smallest absolute Gasteiger partial charge is 0.409 e. The summed E-state index contributed by atoms with van der Waals surface area (Å²) in [6.07, 6.45) is -0.385. The van der Waals surface area contributed by atoms with Crippen LogP contribution in [0, 0.1) is 6.92 Å². The minimum atomic E-state index is -0.385. The lowest BCUT2D eigenvalue weighted by atomic mass is 10.1. The second-order valence-corrected chi connectivity index (χ2v) is 4.08. The standard InChI is InChI=1S/C13H20N2O3/c1-10-4-5-12(17-3)11(8-10)9-18-13(16)15(2)7-6-14/h4-5,8H,6-7,9,14H2,1-3H3. The zero-order valence-electron chi connectivity index (χ0n) is 11.1. The fourth-order valence-corrected chi connectivity index (χ4v) is 1.55. The molecule has 0 aliphatic carbocycles. The summed E-state index contributed by atoms with van der Waals surface area (Å²) in [6, 6.07) is 5.75. The number of ether oxygens (including phenoxy) is 2. The van der Waals surface area contributed by atoms with E-state index in [2.05, 4.69) is 0 Å². The molecule has 0 aliphatic rings. The number of rotatable bonds is 5. The highest BCUT2D eigenvalue weighted by Crippen LogP contribution is 2.20. The van der Waals surface area contributed by atoms with E-state index in [9.17, 15) is 4.79 Å². The van der Waals surface area contributed by atoms with Gasteiger partial charge in [0.25, 0.3) is 0 Å². The van der Waals surface area contributed by atoms with Gasteiger partial charge in [-0.25, -0.2) is 4.79 Å². The molecule has 0 heterocycles. The first-order chi connectivity index (χ1) is 8.58. The second-order valence-electron chi connectivity index (χ2n) is 4.08. The van der Waals surface area contributed by atoms with E-state index in [0.717, 1.165) is 16.9 Å². The summed E-state index contributed by atoms with van der Waals surface area (Å²) in [5.74, 6) is 0.717. The van der Waals surface area contributed by atoms with Gasteiger partial charge in [0.2, 0.25) is 0 Å². The summed E-state index contributed by atoms with van der Waals surface area (Å²) in [5.41, 5.74) is 7.32. The normalized spacial score (nSPS) is 10.0. The Hall–Kier alpha value is -1.75. The molecule has 0 saturated heterocycles. The van der Waals surface area contributed by atoms with Crippen LogP contribution in [0.2, 0.25) is 0 Å². The van der Waals surface area contributed by atoms with Gasteiger partial charge >= 0.3 is 6.09 Å². The van der Waals surface area contributed by atoms with Gasteiger partial charge in [-0.2, -0.15) is 0 Å². The zero-order chi connectivity index (χ0) is 13.5. The van der Waals surface area contributed by atoms with Crippen LogP contribution in [0.3, 0.4) is 0 Å². The third-order valence-corrected chi connectivity index (χ3v) is 2.56. The number of aryl methyl sites for hydroxylation is 1. The maximum Gasteiger partial charge on any atom is 0.409 e. The van der Waals surface area contributed by atoms with Crippen molar-refractivity contribution in [3.05, 3.63) is 29.3 Å². The summed E-state index contributed by atoms with van der Waals surface area (Å²) in [5, 5.41) is 0. The average molecular weight is 252 g/mol. The summed E-state index contributed by atoms with van der Waals surface area (Å²) in [4.78, 5) is 13.0. The highest BCUT2D eigenvalue weighted by molar-refractivity contribution is 5.67. The molecule has 1 rings (SSSR count). The van der Waals surface area contributed by atoms with Gasteiger partial charge in [-0.1, -0.05) is 11.6 Å². The third-order valence-electron chi connectivity index (χ3n) is 2.56. The molecule has 0 fully saturated rings. The Bertz CT molecular complexity index is 407. The maximum atomic E-state index is 11.6. The molecule has 1 aromatic carbocycles. The molecular formula is C13H20N2O3. The molecular weight excluding hydrogens is 232 g/mol. The number of hydrogen-bond acceptors (Lipinski definition) is 4. The lowest BCUT2D eigenvalue weighted by molar-refractivity contribution is 0.105. The third kappa shape index (κ3) is 3.92. The van der Waals surface area contributed by atoms with Crippen LogP contribution in [-0.2, 0) is 11.3 Å². The van der Waals surface area contributed by atoms with Crippen molar-refractivity contribution in [3.8, 4) is 5.75 Å². The van der Waals surface area contributed by atoms with Crippen LogP contribution in [-0.4, -0.2) is 38.2 Å². The minimum Gasteiger partial charge on any atom is -0.496 e. The predicted molar refractivity (Wildman–Crippen MR) is 69.6 cm³/mol. The summed E-state index contributed by atoms with van der Waals surface area (Å²) in [7, 11) is 3.25. The molecule has 5 heteroatoms. The van der Waals surface area contributed by atoms with Crippen LogP contribution in [0.25, 0.3) is 0 Å². The highest BCUT2D eigenvalue weighted by atomic mass is 16.6. The molecule has 0 bridgehead atoms. The number of carbonyl (C=O) groups excluding carboxylic acids is 1. The van der Waals surface area contributed by atoms with Crippen LogP contribution in [0.4, 0.5) is 4.79 Å². The summed E-state index contributed by atoms with van der Waals surface area (Å²) in [6.45, 7) is 3.06. The number of likely N-dealkylation sites (N-methyl/N-ethyl adjacent to an activating group) is 1. The molecule has 0 unspecified atom stereocenters. The van der Waals surface area contributed by atoms with Crippen LogP contribution in [0.15, 0.2) is 18.2 Å². The molecule has 5 nitrogen and oxygen atoms in total. The van der Waals surface area contributed by atoms with Gasteiger partial charge in [-0.15, -0.1) is 0 Å². The number of benzene rings is 1. The number of carbonyl (C=O) groups is 1. The molecule has 0 atom stereocenters. The van der Waals surface area contributed by atoms with Crippen molar-refractivity contribution in [2.75, 3.05) is 27.2 Å². The topological polar surface area (TPSA) is 64.8 Å². The molecule has 1 amide bonds. The van der Waals surface area contributed by atoms with Crippen LogP contribution >= 0.6 is 0 Å². The van der Waals surface area contributed by atoms with E-state index in [4.69, 9.17) is 15.2 Å². The van der Waals surface area contributed by atoms with Gasteiger partial charge in [-0.3, -0.25) is 0 Å². The number of amides is 1. The van der Waals surface area contributed by atoms with Crippen molar-refractivity contribution in [1.29, 1.82) is 0 Å². The SMILES string of the molecule is COc1ccc(C)cc1COC(=O)N(C)CCN. The van der Waals surface area contributed by atoms with Gasteiger partial charge in [0.1, 0.15) is 12.4 Å². The minimum absolute atomic E-state index is 0.193. The first kappa shape index (κ1) is 14.3. The lowest BCUT2D eigenvalue weighted by Crippen LogP contribution is -2.32. The Labute approximate surface area is 107 Å². The predicted octanol–water partition coefficient (Wildman–Crippen LogP) is 1.53. The van der Waals surface area contributed by atoms with Crippen LogP contribution in [0.5, 0.6) is 5.75 Å². The quantitative estimate of drug-likeness (QED) is 0.863. The van der Waals surface area contributed by atoms with Gasteiger partial charge in [-0.05, 0) is 19.1 Å². The van der Waals surface area contributed by atoms with E-state index in [1.54, 1.807) is 14.2 Å². The van der Waals surface area contributed by atoms with Crippen molar-refractivity contribution in [2.24, 2.45) is 5.73 Å². The number of nitrogens with zero attached hydrogens (tertiary/aromatic N) is 1. The van der Waals surface area contributed by atoms with Crippen LogP contribution < -0.4 is 10.5 Å². The van der Waals surface area contributed by atoms with Crippen molar-refractivity contribution in [3.63, 3.8) is 0 Å². The molecule has 0 spiro atoms. The Kier molecular flexibility index (Phi) is 5.45. The molecule has 1 aromatic rings. The van der Waals surface area contributed by atoms with E-state index in [1.165, 1.54) is 4.90 Å². The molecule has 0 saturated carbocycles. The Morgan fingerprint density at radius 2 is 2.17 bits per heavy atom. The Balaban J connectivity index is 2.62. The van der Waals surface area contributed by atoms with Crippen molar-refractivity contribution in [1.82, 2.24) is 4.90 Å². The monoisotopic (exact) mass is 252 g/mol. The summed E-state index contributed by atoms with van der Waals surface area (Å²) < 4.78 is 10.4. The van der Waals surface area contributed by atoms with E-state index in [1.807, 2.05) is 25.1 Å². The first-order valence-corrected chi connectivity index (χ1v) is 5.80. The Morgan fingerprint density at radius 3 is 2.78 bits per heavy atom. The molecule has 0 aromatic heterocycles. The fourth-order valence-electron chi connectivity index (χ4n) is 1.55. The van der Waals surface area contributed by atoms with E-state index >= 15 is 0 Å². The number of hydrogen-bond donors (Lipinski definition) is 1. The second kappa shape index (κ2) is 6.86. The number of nitrogens with two attached hydrogens (primary N) is 1. The van der Waals surface area contributed by atoms with Crippen molar-refractivity contribution in [2.45, 2.75) is 13.5 Å². The van der Waals surface area contributed by atoms with Gasteiger partial charge in [0.05, 0.1) is 7.11 Å². The first-order valence-electron chi connectivity index (χ1n) is 5.80. The average Bonchev–Trinajstić information content (AvgIpc) is 2.36. The molecule has 0 radical (unpaired) electrons. The fraction of sp³-hybridized carbons (Fsp3) is 0.462. The highest BCUT2D eigenvalue weighted by Gasteiger charge is 2.11. The summed E-state index contributed by atoms with van der Waals surface area (Å²) >= 11 is 0. The molecule has 18 heavy (non-hydrogen) atoms. The van der Waals surface area contributed by atoms with Gasteiger partial charge < -0.3 is 20.1 Å².